The Morgan fingerprint density at radius 1 is 0.968 bits per heavy atom. The highest BCUT2D eigenvalue weighted by molar-refractivity contribution is 5.78. The molecule has 160 valence electrons. The molecule has 2 aromatic carbocycles. The van der Waals surface area contributed by atoms with Gasteiger partial charge < -0.3 is 11.1 Å². The second-order valence-electron chi connectivity index (χ2n) is 6.27. The van der Waals surface area contributed by atoms with Crippen LogP contribution in [0.25, 0.3) is 17.0 Å². The van der Waals surface area contributed by atoms with E-state index in [1.54, 1.807) is 0 Å². The summed E-state index contributed by atoms with van der Waals surface area (Å²) in [6.45, 7) is -1.15. The average molecular weight is 439 g/mol. The Labute approximate surface area is 169 Å². The van der Waals surface area contributed by atoms with E-state index in [9.17, 15) is 26.3 Å². The number of aromatic nitrogens is 5. The molecular formula is C18H11F6N7. The first kappa shape index (κ1) is 20.4. The molecule has 2 heterocycles. The minimum absolute atomic E-state index is 0.142. The fourth-order valence-corrected chi connectivity index (χ4v) is 2.87. The Balaban J connectivity index is 1.77. The Kier molecular flexibility index (Phi) is 4.87. The van der Waals surface area contributed by atoms with Crippen LogP contribution in [0.1, 0.15) is 11.4 Å². The van der Waals surface area contributed by atoms with E-state index in [2.05, 4.69) is 25.3 Å². The zero-order chi connectivity index (χ0) is 22.3. The number of anilines is 3. The number of rotatable bonds is 4. The first-order valence-corrected chi connectivity index (χ1v) is 8.54. The molecule has 0 aliphatic carbocycles. The van der Waals surface area contributed by atoms with Crippen LogP contribution in [0.3, 0.4) is 0 Å². The SMILES string of the molecule is Nc1nc(Nc2ccc(C(F)(F)F)cc2)nc(-n2c(CF)nc3c(F)cc(F)cc32)n1. The van der Waals surface area contributed by atoms with Crippen LogP contribution in [-0.4, -0.2) is 24.5 Å². The van der Waals surface area contributed by atoms with E-state index >= 15 is 0 Å². The number of nitrogen functional groups attached to an aromatic ring is 1. The van der Waals surface area contributed by atoms with Crippen molar-refractivity contribution in [1.29, 1.82) is 0 Å². The van der Waals surface area contributed by atoms with Gasteiger partial charge in [0.2, 0.25) is 17.8 Å². The number of hydrogen-bond acceptors (Lipinski definition) is 6. The lowest BCUT2D eigenvalue weighted by Crippen LogP contribution is -2.11. The molecule has 0 saturated heterocycles. The fourth-order valence-electron chi connectivity index (χ4n) is 2.87. The Morgan fingerprint density at radius 2 is 1.68 bits per heavy atom. The third-order valence-electron chi connectivity index (χ3n) is 4.18. The standard InChI is InChI=1S/C18H11F6N7/c19-7-13-27-14-11(21)5-9(20)6-12(14)31(13)17-29-15(25)28-16(30-17)26-10-3-1-8(2-4-10)18(22,23)24/h1-6H,7H2,(H3,25,26,28,29,30). The predicted octanol–water partition coefficient (Wildman–Crippen LogP) is 4.30. The normalized spacial score (nSPS) is 11.8. The minimum Gasteiger partial charge on any atom is -0.368 e. The molecule has 4 rings (SSSR count). The van der Waals surface area contributed by atoms with Crippen LogP contribution >= 0.6 is 0 Å². The van der Waals surface area contributed by atoms with Crippen LogP contribution in [0.15, 0.2) is 36.4 Å². The monoisotopic (exact) mass is 439 g/mol. The number of nitrogens with one attached hydrogen (secondary N) is 1. The van der Waals surface area contributed by atoms with Gasteiger partial charge in [0.15, 0.2) is 5.82 Å². The van der Waals surface area contributed by atoms with Gasteiger partial charge in [-0.3, -0.25) is 4.57 Å². The fraction of sp³-hybridized carbons (Fsp3) is 0.111. The summed E-state index contributed by atoms with van der Waals surface area (Å²) in [6, 6.07) is 5.52. The van der Waals surface area contributed by atoms with Crippen molar-refractivity contribution in [1.82, 2.24) is 24.5 Å². The summed E-state index contributed by atoms with van der Waals surface area (Å²) < 4.78 is 80.4. The van der Waals surface area contributed by atoms with E-state index in [4.69, 9.17) is 5.73 Å². The van der Waals surface area contributed by atoms with Crippen molar-refractivity contribution in [2.45, 2.75) is 12.9 Å². The molecule has 0 spiro atoms. The van der Waals surface area contributed by atoms with E-state index in [0.29, 0.717) is 6.07 Å². The molecule has 2 aromatic heterocycles. The van der Waals surface area contributed by atoms with Gasteiger partial charge in [-0.05, 0) is 24.3 Å². The maximum Gasteiger partial charge on any atom is 0.416 e. The molecule has 13 heteroatoms. The molecule has 7 nitrogen and oxygen atoms in total. The molecule has 0 aliphatic heterocycles. The van der Waals surface area contributed by atoms with Crippen molar-refractivity contribution in [2.75, 3.05) is 11.1 Å². The molecule has 0 aliphatic rings. The van der Waals surface area contributed by atoms with E-state index < -0.39 is 30.0 Å². The Bertz CT molecular complexity index is 1270. The zero-order valence-electron chi connectivity index (χ0n) is 15.3. The lowest BCUT2D eigenvalue weighted by atomic mass is 10.2. The topological polar surface area (TPSA) is 94.5 Å². The molecule has 0 saturated carbocycles. The summed E-state index contributed by atoms with van der Waals surface area (Å²) in [5.41, 5.74) is 4.57. The van der Waals surface area contributed by atoms with Crippen molar-refractivity contribution < 1.29 is 26.3 Å². The van der Waals surface area contributed by atoms with E-state index in [0.717, 1.165) is 34.9 Å². The zero-order valence-corrected chi connectivity index (χ0v) is 15.3. The van der Waals surface area contributed by atoms with Gasteiger partial charge >= 0.3 is 6.18 Å². The molecule has 0 atom stereocenters. The first-order chi connectivity index (χ1) is 14.7. The summed E-state index contributed by atoms with van der Waals surface area (Å²) in [6.07, 6.45) is -4.50. The number of nitrogens with zero attached hydrogens (tertiary/aromatic N) is 5. The number of benzene rings is 2. The predicted molar refractivity (Wildman–Crippen MR) is 98.3 cm³/mol. The van der Waals surface area contributed by atoms with Gasteiger partial charge in [-0.25, -0.2) is 18.2 Å². The molecule has 0 bridgehead atoms. The molecular weight excluding hydrogens is 428 g/mol. The van der Waals surface area contributed by atoms with Crippen molar-refractivity contribution >= 4 is 28.6 Å². The lowest BCUT2D eigenvalue weighted by molar-refractivity contribution is -0.137. The van der Waals surface area contributed by atoms with Crippen LogP contribution < -0.4 is 11.1 Å². The summed E-state index contributed by atoms with van der Waals surface area (Å²) >= 11 is 0. The van der Waals surface area contributed by atoms with Crippen LogP contribution in [-0.2, 0) is 12.9 Å². The highest BCUT2D eigenvalue weighted by atomic mass is 19.4. The molecule has 4 aromatic rings. The number of nitrogens with two attached hydrogens (primary N) is 1. The molecule has 3 N–H and O–H groups in total. The number of fused-ring (bicyclic) bond motifs is 1. The molecule has 0 fully saturated rings. The quantitative estimate of drug-likeness (QED) is 0.461. The maximum atomic E-state index is 14.0. The number of imidazole rings is 1. The summed E-state index contributed by atoms with van der Waals surface area (Å²) in [4.78, 5) is 15.5. The van der Waals surface area contributed by atoms with Gasteiger partial charge in [0.25, 0.3) is 0 Å². The van der Waals surface area contributed by atoms with Gasteiger partial charge in [-0.2, -0.15) is 28.1 Å². The summed E-state index contributed by atoms with van der Waals surface area (Å²) in [7, 11) is 0. The number of halogens is 6. The Morgan fingerprint density at radius 3 is 2.32 bits per heavy atom. The van der Waals surface area contributed by atoms with Crippen molar-refractivity contribution in [3.8, 4) is 5.95 Å². The maximum absolute atomic E-state index is 14.0. The largest absolute Gasteiger partial charge is 0.416 e. The second-order valence-corrected chi connectivity index (χ2v) is 6.27. The summed E-state index contributed by atoms with van der Waals surface area (Å²) in [5, 5.41) is 2.65. The van der Waals surface area contributed by atoms with Crippen molar-refractivity contribution in [3.63, 3.8) is 0 Å². The second kappa shape index (κ2) is 7.41. The van der Waals surface area contributed by atoms with Crippen molar-refractivity contribution in [2.24, 2.45) is 0 Å². The van der Waals surface area contributed by atoms with Gasteiger partial charge in [-0.15, -0.1) is 0 Å². The summed E-state index contributed by atoms with van der Waals surface area (Å²) in [5.74, 6) is -3.06. The van der Waals surface area contributed by atoms with Crippen LogP contribution in [0, 0.1) is 11.6 Å². The third kappa shape index (κ3) is 3.93. The van der Waals surface area contributed by atoms with Gasteiger partial charge in [0.1, 0.15) is 23.8 Å². The van der Waals surface area contributed by atoms with Crippen LogP contribution in [0.5, 0.6) is 0 Å². The minimum atomic E-state index is -4.50. The van der Waals surface area contributed by atoms with E-state index in [1.807, 2.05) is 0 Å². The molecule has 0 radical (unpaired) electrons. The lowest BCUT2D eigenvalue weighted by Gasteiger charge is -2.11. The van der Waals surface area contributed by atoms with E-state index in [1.165, 1.54) is 0 Å². The van der Waals surface area contributed by atoms with Gasteiger partial charge in [0, 0.05) is 17.8 Å². The van der Waals surface area contributed by atoms with Gasteiger partial charge in [-0.1, -0.05) is 0 Å². The first-order valence-electron chi connectivity index (χ1n) is 8.54. The smallest absolute Gasteiger partial charge is 0.368 e. The van der Waals surface area contributed by atoms with Gasteiger partial charge in [0.05, 0.1) is 11.1 Å². The van der Waals surface area contributed by atoms with Crippen molar-refractivity contribution in [3.05, 3.63) is 59.4 Å². The highest BCUT2D eigenvalue weighted by Gasteiger charge is 2.30. The average Bonchev–Trinajstić information content (AvgIpc) is 3.06. The molecule has 31 heavy (non-hydrogen) atoms. The number of hydrogen-bond donors (Lipinski definition) is 2. The van der Waals surface area contributed by atoms with E-state index in [-0.39, 0.29) is 40.4 Å². The van der Waals surface area contributed by atoms with Crippen LogP contribution in [0.2, 0.25) is 0 Å². The third-order valence-corrected chi connectivity index (χ3v) is 4.18. The number of alkyl halides is 4. The molecule has 0 unspecified atom stereocenters. The highest BCUT2D eigenvalue weighted by Crippen LogP contribution is 2.30. The Hall–Kier alpha value is -3.90. The van der Waals surface area contributed by atoms with Crippen LogP contribution in [0.4, 0.5) is 43.9 Å². The molecule has 0 amide bonds.